The van der Waals surface area contributed by atoms with Crippen LogP contribution < -0.4 is 4.57 Å². The first kappa shape index (κ1) is 38.2. The molecule has 1 spiro atoms. The minimum absolute atomic E-state index is 0.129. The standard InChI is InChI=1S/C41H51N3O9/c1-24-18-25(2)41-21-31(37(53-41)36(26(3)27(4)45)52-39(47)33-12-9-15-42-33)13-14-32(41)20-34(49-7)40(48)51-35(24)28(5)50-38(46)30-11-8-10-29(19-30)22-44-17-16-43(6)23-44/h8-19,23-24,26-28,31-32,34-37,45H,20-22H2,1-7H3/p+1/b25-18+/t24-,26-,27+,28-,31-,32?,34+,35+,36-,37-,41+/m1/s1. The van der Waals surface area contributed by atoms with Crippen LogP contribution in [-0.4, -0.2) is 81.9 Å². The Labute approximate surface area is 310 Å². The molecule has 2 aromatic heterocycles. The van der Waals surface area contributed by atoms with Gasteiger partial charge in [-0.25, -0.2) is 23.5 Å². The number of imidazole rings is 1. The molecule has 1 saturated heterocycles. The Morgan fingerprint density at radius 2 is 1.91 bits per heavy atom. The maximum atomic E-state index is 13.8. The highest BCUT2D eigenvalue weighted by Gasteiger charge is 2.57. The quantitative estimate of drug-likeness (QED) is 0.124. The van der Waals surface area contributed by atoms with E-state index in [1.165, 1.54) is 7.11 Å². The van der Waals surface area contributed by atoms with E-state index in [-0.39, 0.29) is 18.3 Å². The Kier molecular flexibility index (Phi) is 11.4. The van der Waals surface area contributed by atoms with E-state index in [0.29, 0.717) is 24.2 Å². The summed E-state index contributed by atoms with van der Waals surface area (Å²) in [5, 5.41) is 10.7. The van der Waals surface area contributed by atoms with Crippen molar-refractivity contribution in [2.75, 3.05) is 7.11 Å². The zero-order valence-corrected chi connectivity index (χ0v) is 31.5. The van der Waals surface area contributed by atoms with Crippen molar-refractivity contribution in [2.45, 2.75) is 96.2 Å². The summed E-state index contributed by atoms with van der Waals surface area (Å²) < 4.78 is 35.0. The maximum absolute atomic E-state index is 13.8. The number of carbonyl (C=O) groups is 3. The number of ether oxygens (including phenoxy) is 5. The van der Waals surface area contributed by atoms with Gasteiger partial charge in [-0.2, -0.15) is 0 Å². The van der Waals surface area contributed by atoms with Crippen molar-refractivity contribution < 1.29 is 47.7 Å². The number of esters is 3. The first-order valence-corrected chi connectivity index (χ1v) is 18.4. The van der Waals surface area contributed by atoms with Gasteiger partial charge in [0, 0.05) is 37.0 Å². The number of aliphatic hydroxyl groups is 1. The molecule has 3 aromatic rings. The summed E-state index contributed by atoms with van der Waals surface area (Å²) in [6.07, 6.45) is 9.89. The predicted molar refractivity (Wildman–Crippen MR) is 193 cm³/mol. The fourth-order valence-electron chi connectivity index (χ4n) is 8.11. The summed E-state index contributed by atoms with van der Waals surface area (Å²) in [6, 6.07) is 10.7. The number of aryl methyl sites for hydroxylation is 1. The van der Waals surface area contributed by atoms with Crippen molar-refractivity contribution in [1.29, 1.82) is 0 Å². The van der Waals surface area contributed by atoms with E-state index in [1.807, 2.05) is 79.9 Å². The van der Waals surface area contributed by atoms with Crippen LogP contribution in [-0.2, 0) is 42.1 Å². The highest BCUT2D eigenvalue weighted by molar-refractivity contribution is 5.89. The number of cyclic esters (lactones) is 1. The number of aliphatic hydroxyl groups excluding tert-OH is 1. The van der Waals surface area contributed by atoms with Gasteiger partial charge in [-0.05, 0) is 69.0 Å². The summed E-state index contributed by atoms with van der Waals surface area (Å²) in [5.41, 5.74) is 1.72. The van der Waals surface area contributed by atoms with Crippen molar-refractivity contribution in [1.82, 2.24) is 9.55 Å². The smallest absolute Gasteiger partial charge is 0.355 e. The Hall–Kier alpha value is -4.52. The van der Waals surface area contributed by atoms with E-state index < -0.39 is 72.0 Å². The topological polar surface area (TPSA) is 142 Å². The van der Waals surface area contributed by atoms with Crippen LogP contribution in [0.25, 0.3) is 0 Å². The third-order valence-corrected chi connectivity index (χ3v) is 11.2. The number of hydrogen-bond donors (Lipinski definition) is 2. The molecule has 1 aromatic carbocycles. The second-order valence-electron chi connectivity index (χ2n) is 15.0. The number of carbonyl (C=O) groups excluding carboxylic acids is 3. The highest BCUT2D eigenvalue weighted by Crippen LogP contribution is 2.53. The minimum Gasteiger partial charge on any atom is -0.456 e. The van der Waals surface area contributed by atoms with Crippen LogP contribution in [0.2, 0.25) is 0 Å². The third-order valence-electron chi connectivity index (χ3n) is 11.2. The number of H-pyrrole nitrogens is 1. The Morgan fingerprint density at radius 1 is 1.11 bits per heavy atom. The summed E-state index contributed by atoms with van der Waals surface area (Å²) >= 11 is 0. The molecule has 2 N–H and O–H groups in total. The summed E-state index contributed by atoms with van der Waals surface area (Å²) in [5.74, 6) is -2.83. The molecule has 0 saturated carbocycles. The molecule has 3 aliphatic rings. The number of nitrogens with zero attached hydrogens (tertiary/aromatic N) is 2. The van der Waals surface area contributed by atoms with E-state index in [1.54, 1.807) is 38.2 Å². The lowest BCUT2D eigenvalue weighted by Crippen LogP contribution is -2.48. The SMILES string of the molecule is CO[C@H]1CC2C=C[C@@H]3C[C@]2(O[C@H]3[C@H](OC(=O)c2ccc[nH]2)[C@H](C)[C@H](C)O)/C(C)=C/[C@@H](C)[C@@H]([C@@H](C)OC(=O)c2cccc(C[n+]3ccn(C)c3)c2)OC1=O. The molecule has 2 bridgehead atoms. The van der Waals surface area contributed by atoms with Gasteiger partial charge in [0.2, 0.25) is 6.33 Å². The van der Waals surface area contributed by atoms with Gasteiger partial charge in [-0.15, -0.1) is 0 Å². The molecule has 0 amide bonds. The Morgan fingerprint density at radius 3 is 2.58 bits per heavy atom. The van der Waals surface area contributed by atoms with Crippen LogP contribution in [0.4, 0.5) is 0 Å². The molecule has 284 valence electrons. The van der Waals surface area contributed by atoms with Crippen LogP contribution >= 0.6 is 0 Å². The normalized spacial score (nSPS) is 30.2. The number of methoxy groups -OCH3 is 1. The van der Waals surface area contributed by atoms with E-state index in [9.17, 15) is 19.5 Å². The molecule has 11 atom stereocenters. The van der Waals surface area contributed by atoms with E-state index in [4.69, 9.17) is 23.7 Å². The van der Waals surface area contributed by atoms with Crippen molar-refractivity contribution in [3.63, 3.8) is 0 Å². The molecular formula is C41H52N3O9+. The van der Waals surface area contributed by atoms with Crippen LogP contribution in [0, 0.1) is 23.7 Å². The summed E-state index contributed by atoms with van der Waals surface area (Å²) in [6.45, 7) is 9.79. The van der Waals surface area contributed by atoms with E-state index in [2.05, 4.69) is 17.1 Å². The van der Waals surface area contributed by atoms with Crippen LogP contribution in [0.3, 0.4) is 0 Å². The highest BCUT2D eigenvalue weighted by atomic mass is 16.6. The number of rotatable bonds is 11. The number of nitrogens with one attached hydrogen (secondary N) is 1. The molecule has 0 radical (unpaired) electrons. The van der Waals surface area contributed by atoms with Crippen LogP contribution in [0.5, 0.6) is 0 Å². The van der Waals surface area contributed by atoms with Gasteiger partial charge in [-0.3, -0.25) is 0 Å². The molecule has 12 heteroatoms. The van der Waals surface area contributed by atoms with Gasteiger partial charge in [0.15, 0.2) is 6.10 Å². The van der Waals surface area contributed by atoms with Crippen molar-refractivity contribution >= 4 is 17.9 Å². The third kappa shape index (κ3) is 8.05. The number of benzene rings is 1. The molecule has 2 aliphatic heterocycles. The van der Waals surface area contributed by atoms with E-state index in [0.717, 1.165) is 11.1 Å². The van der Waals surface area contributed by atoms with Crippen LogP contribution in [0.1, 0.15) is 73.9 Å². The zero-order valence-electron chi connectivity index (χ0n) is 31.5. The van der Waals surface area contributed by atoms with Gasteiger partial charge in [0.05, 0.1) is 24.3 Å². The first-order valence-electron chi connectivity index (χ1n) is 18.4. The largest absolute Gasteiger partial charge is 0.456 e. The van der Waals surface area contributed by atoms with Gasteiger partial charge in [0.25, 0.3) is 0 Å². The molecule has 53 heavy (non-hydrogen) atoms. The zero-order chi connectivity index (χ0) is 38.0. The second kappa shape index (κ2) is 15.8. The van der Waals surface area contributed by atoms with Gasteiger partial charge in [-0.1, -0.05) is 44.2 Å². The monoisotopic (exact) mass is 730 g/mol. The lowest BCUT2D eigenvalue weighted by Gasteiger charge is -2.41. The summed E-state index contributed by atoms with van der Waals surface area (Å²) in [4.78, 5) is 43.4. The average Bonchev–Trinajstić information content (AvgIpc) is 3.88. The van der Waals surface area contributed by atoms with Crippen LogP contribution in [0.15, 0.2) is 85.1 Å². The van der Waals surface area contributed by atoms with E-state index >= 15 is 0 Å². The molecule has 4 heterocycles. The molecular weight excluding hydrogens is 678 g/mol. The first-order chi connectivity index (χ1) is 25.3. The van der Waals surface area contributed by atoms with Gasteiger partial charge >= 0.3 is 17.9 Å². The average molecular weight is 731 g/mol. The maximum Gasteiger partial charge on any atom is 0.355 e. The number of fused-ring (bicyclic) bond motifs is 1. The lowest BCUT2D eigenvalue weighted by atomic mass is 9.69. The van der Waals surface area contributed by atoms with Gasteiger partial charge < -0.3 is 33.8 Å². The summed E-state index contributed by atoms with van der Waals surface area (Å²) in [7, 11) is 3.42. The van der Waals surface area contributed by atoms with Gasteiger partial charge in [0.1, 0.15) is 49.0 Å². The second-order valence-corrected chi connectivity index (χ2v) is 15.0. The fraction of sp³-hybridized carbons (Fsp3) is 0.512. The molecule has 6 rings (SSSR count). The Bertz CT molecular complexity index is 1830. The molecule has 12 nitrogen and oxygen atoms in total. The molecule has 1 unspecified atom stereocenters. The number of aromatic nitrogens is 3. The Balaban J connectivity index is 1.26. The lowest BCUT2D eigenvalue weighted by molar-refractivity contribution is -0.687. The van der Waals surface area contributed by atoms with Crippen molar-refractivity contribution in [3.05, 3.63) is 102 Å². The minimum atomic E-state index is -0.922. The predicted octanol–water partition coefficient (Wildman–Crippen LogP) is 4.72. The number of hydrogen-bond acceptors (Lipinski definition) is 9. The fourth-order valence-corrected chi connectivity index (χ4v) is 8.11. The number of aromatic amines is 1. The molecule has 1 aliphatic carbocycles. The molecule has 1 fully saturated rings. The van der Waals surface area contributed by atoms with Crippen molar-refractivity contribution in [3.8, 4) is 0 Å². The van der Waals surface area contributed by atoms with Crippen molar-refractivity contribution in [2.24, 2.45) is 30.7 Å².